The number of fused-ring (bicyclic) bond motifs is 1. The van der Waals surface area contributed by atoms with Crippen molar-refractivity contribution in [3.63, 3.8) is 0 Å². The van der Waals surface area contributed by atoms with Crippen molar-refractivity contribution in [3.8, 4) is 5.75 Å². The van der Waals surface area contributed by atoms with Gasteiger partial charge in [0.2, 0.25) is 5.91 Å². The summed E-state index contributed by atoms with van der Waals surface area (Å²) in [6, 6.07) is 2.35. The van der Waals surface area contributed by atoms with Crippen LogP contribution in [0.4, 0.5) is 0 Å². The molecule has 0 radical (unpaired) electrons. The van der Waals surface area contributed by atoms with E-state index in [4.69, 9.17) is 4.74 Å². The molecule has 0 unspecified atom stereocenters. The van der Waals surface area contributed by atoms with Crippen LogP contribution in [0.1, 0.15) is 75.1 Å². The standard InChI is InChI=1S/C21H31NO2/c1-6-18(23)22-10-7-15(8-11-22)19-14(2)13-17(21(3,4)5)20-16(19)9-12-24-20/h13,15H,6-12H2,1-5H3. The van der Waals surface area contributed by atoms with Crippen molar-refractivity contribution < 1.29 is 9.53 Å². The van der Waals surface area contributed by atoms with Crippen molar-refractivity contribution in [2.24, 2.45) is 0 Å². The number of piperidine rings is 1. The summed E-state index contributed by atoms with van der Waals surface area (Å²) < 4.78 is 6.05. The van der Waals surface area contributed by atoms with Crippen molar-refractivity contribution in [2.45, 2.75) is 71.6 Å². The van der Waals surface area contributed by atoms with Crippen LogP contribution < -0.4 is 4.74 Å². The van der Waals surface area contributed by atoms with E-state index < -0.39 is 0 Å². The second kappa shape index (κ2) is 6.42. The molecule has 1 amide bonds. The van der Waals surface area contributed by atoms with Gasteiger partial charge in [-0.25, -0.2) is 0 Å². The summed E-state index contributed by atoms with van der Waals surface area (Å²) in [5, 5.41) is 0. The zero-order valence-corrected chi connectivity index (χ0v) is 15.9. The molecule has 0 bridgehead atoms. The molecule has 0 aliphatic carbocycles. The smallest absolute Gasteiger partial charge is 0.222 e. The maximum Gasteiger partial charge on any atom is 0.222 e. The van der Waals surface area contributed by atoms with Gasteiger partial charge in [0.05, 0.1) is 6.61 Å². The first-order valence-electron chi connectivity index (χ1n) is 9.40. The summed E-state index contributed by atoms with van der Waals surface area (Å²) in [4.78, 5) is 14.0. The van der Waals surface area contributed by atoms with Crippen LogP contribution in [0.15, 0.2) is 6.07 Å². The van der Waals surface area contributed by atoms with Gasteiger partial charge >= 0.3 is 0 Å². The van der Waals surface area contributed by atoms with Crippen LogP contribution in [-0.4, -0.2) is 30.5 Å². The van der Waals surface area contributed by atoms with E-state index in [9.17, 15) is 4.79 Å². The van der Waals surface area contributed by atoms with Gasteiger partial charge in [0.1, 0.15) is 5.75 Å². The molecule has 2 heterocycles. The maximum absolute atomic E-state index is 11.9. The molecule has 3 rings (SSSR count). The summed E-state index contributed by atoms with van der Waals surface area (Å²) in [7, 11) is 0. The van der Waals surface area contributed by atoms with Crippen LogP contribution in [0, 0.1) is 6.92 Å². The van der Waals surface area contributed by atoms with Gasteiger partial charge in [-0.15, -0.1) is 0 Å². The fourth-order valence-corrected chi connectivity index (χ4v) is 4.32. The number of benzene rings is 1. The molecule has 1 saturated heterocycles. The molecule has 1 aromatic carbocycles. The number of amides is 1. The number of rotatable bonds is 2. The summed E-state index contributed by atoms with van der Waals surface area (Å²) in [5.74, 6) is 2.01. The van der Waals surface area contributed by atoms with Gasteiger partial charge in [-0.1, -0.05) is 33.8 Å². The molecule has 0 aromatic heterocycles. The third-order valence-electron chi connectivity index (χ3n) is 5.59. The molecule has 3 nitrogen and oxygen atoms in total. The van der Waals surface area contributed by atoms with Crippen molar-refractivity contribution >= 4 is 5.91 Å². The Morgan fingerprint density at radius 3 is 2.54 bits per heavy atom. The Hall–Kier alpha value is -1.51. The highest BCUT2D eigenvalue weighted by Crippen LogP contribution is 2.44. The van der Waals surface area contributed by atoms with Crippen molar-refractivity contribution in [1.29, 1.82) is 0 Å². The lowest BCUT2D eigenvalue weighted by molar-refractivity contribution is -0.131. The predicted octanol–water partition coefficient (Wildman–Crippen LogP) is 4.34. The molecule has 0 atom stereocenters. The Bertz CT molecular complexity index is 634. The van der Waals surface area contributed by atoms with Crippen LogP contribution in [0.3, 0.4) is 0 Å². The highest BCUT2D eigenvalue weighted by molar-refractivity contribution is 5.75. The second-order valence-corrected chi connectivity index (χ2v) is 8.32. The fourth-order valence-electron chi connectivity index (χ4n) is 4.32. The normalized spacial score (nSPS) is 18.5. The van der Waals surface area contributed by atoms with E-state index in [1.54, 1.807) is 0 Å². The maximum atomic E-state index is 11.9. The molecule has 132 valence electrons. The first-order chi connectivity index (χ1) is 11.3. The Labute approximate surface area is 146 Å². The molecule has 3 heteroatoms. The summed E-state index contributed by atoms with van der Waals surface area (Å²) in [6.07, 6.45) is 3.80. The number of ether oxygens (including phenoxy) is 1. The largest absolute Gasteiger partial charge is 0.493 e. The van der Waals surface area contributed by atoms with Crippen LogP contribution in [-0.2, 0) is 16.6 Å². The minimum atomic E-state index is 0.106. The third-order valence-corrected chi connectivity index (χ3v) is 5.59. The van der Waals surface area contributed by atoms with Gasteiger partial charge in [0.15, 0.2) is 0 Å². The van der Waals surface area contributed by atoms with Gasteiger partial charge in [0.25, 0.3) is 0 Å². The highest BCUT2D eigenvalue weighted by Gasteiger charge is 2.32. The average molecular weight is 329 g/mol. The third kappa shape index (κ3) is 3.05. The summed E-state index contributed by atoms with van der Waals surface area (Å²) >= 11 is 0. The van der Waals surface area contributed by atoms with E-state index in [1.807, 2.05) is 11.8 Å². The first kappa shape index (κ1) is 17.3. The van der Waals surface area contributed by atoms with Gasteiger partial charge < -0.3 is 9.64 Å². The Morgan fingerprint density at radius 1 is 1.29 bits per heavy atom. The molecule has 24 heavy (non-hydrogen) atoms. The lowest BCUT2D eigenvalue weighted by Gasteiger charge is -2.34. The molecule has 2 aliphatic rings. The minimum absolute atomic E-state index is 0.106. The summed E-state index contributed by atoms with van der Waals surface area (Å²) in [5.41, 5.74) is 5.81. The van der Waals surface area contributed by atoms with E-state index in [-0.39, 0.29) is 5.41 Å². The molecule has 0 spiro atoms. The Balaban J connectivity index is 1.91. The van der Waals surface area contributed by atoms with E-state index in [0.717, 1.165) is 44.7 Å². The van der Waals surface area contributed by atoms with E-state index in [0.29, 0.717) is 18.2 Å². The molecule has 0 saturated carbocycles. The SMILES string of the molecule is CCC(=O)N1CCC(c2c(C)cc(C(C)(C)C)c3c2CCO3)CC1. The minimum Gasteiger partial charge on any atom is -0.493 e. The number of hydrogen-bond acceptors (Lipinski definition) is 2. The number of hydrogen-bond donors (Lipinski definition) is 0. The van der Waals surface area contributed by atoms with Crippen LogP contribution in [0.25, 0.3) is 0 Å². The first-order valence-corrected chi connectivity index (χ1v) is 9.40. The van der Waals surface area contributed by atoms with Crippen LogP contribution >= 0.6 is 0 Å². The van der Waals surface area contributed by atoms with Crippen LogP contribution in [0.2, 0.25) is 0 Å². The second-order valence-electron chi connectivity index (χ2n) is 8.32. The van der Waals surface area contributed by atoms with E-state index >= 15 is 0 Å². The van der Waals surface area contributed by atoms with Crippen LogP contribution in [0.5, 0.6) is 5.75 Å². The van der Waals surface area contributed by atoms with E-state index in [1.165, 1.54) is 22.3 Å². The molecule has 1 fully saturated rings. The number of carbonyl (C=O) groups excluding carboxylic acids is 1. The van der Waals surface area contributed by atoms with Gasteiger partial charge in [-0.2, -0.15) is 0 Å². The van der Waals surface area contributed by atoms with Crippen molar-refractivity contribution in [2.75, 3.05) is 19.7 Å². The zero-order chi connectivity index (χ0) is 17.5. The lowest BCUT2D eigenvalue weighted by atomic mass is 9.78. The zero-order valence-electron chi connectivity index (χ0n) is 15.9. The van der Waals surface area contributed by atoms with Crippen molar-refractivity contribution in [1.82, 2.24) is 4.90 Å². The molecule has 2 aliphatic heterocycles. The van der Waals surface area contributed by atoms with Crippen molar-refractivity contribution in [3.05, 3.63) is 28.3 Å². The Morgan fingerprint density at radius 2 is 1.96 bits per heavy atom. The topological polar surface area (TPSA) is 29.5 Å². The summed E-state index contributed by atoms with van der Waals surface area (Å²) in [6.45, 7) is 13.6. The van der Waals surface area contributed by atoms with Gasteiger partial charge in [0, 0.05) is 37.1 Å². The molecule has 0 N–H and O–H groups in total. The average Bonchev–Trinajstić information content (AvgIpc) is 3.01. The molecular formula is C21H31NO2. The Kier molecular flexibility index (Phi) is 4.63. The lowest BCUT2D eigenvalue weighted by Crippen LogP contribution is -2.37. The van der Waals surface area contributed by atoms with E-state index in [2.05, 4.69) is 33.8 Å². The molecular weight excluding hydrogens is 298 g/mol. The predicted molar refractivity (Wildman–Crippen MR) is 97.9 cm³/mol. The highest BCUT2D eigenvalue weighted by atomic mass is 16.5. The fraction of sp³-hybridized carbons (Fsp3) is 0.667. The molecule has 1 aromatic rings. The van der Waals surface area contributed by atoms with Gasteiger partial charge in [-0.3, -0.25) is 4.79 Å². The number of aryl methyl sites for hydroxylation is 1. The number of nitrogens with zero attached hydrogens (tertiary/aromatic N) is 1. The number of likely N-dealkylation sites (tertiary alicyclic amines) is 1. The quantitative estimate of drug-likeness (QED) is 0.807. The number of carbonyl (C=O) groups is 1. The monoisotopic (exact) mass is 329 g/mol. The van der Waals surface area contributed by atoms with Gasteiger partial charge in [-0.05, 0) is 42.2 Å².